The predicted molar refractivity (Wildman–Crippen MR) is 194 cm³/mol. The van der Waals surface area contributed by atoms with Gasteiger partial charge in [-0.15, -0.1) is 0 Å². The highest BCUT2D eigenvalue weighted by molar-refractivity contribution is 6.33. The number of pyridine rings is 1. The molecule has 0 bridgehead atoms. The predicted octanol–water partition coefficient (Wildman–Crippen LogP) is 9.06. The molecular weight excluding hydrogens is 636 g/mol. The van der Waals surface area contributed by atoms with Crippen molar-refractivity contribution in [2.24, 2.45) is 0 Å². The van der Waals surface area contributed by atoms with Gasteiger partial charge >= 0.3 is 0 Å². The van der Waals surface area contributed by atoms with Crippen molar-refractivity contribution in [3.63, 3.8) is 0 Å². The summed E-state index contributed by atoms with van der Waals surface area (Å²) in [6.07, 6.45) is 0. The van der Waals surface area contributed by atoms with E-state index in [0.29, 0.717) is 36.2 Å². The molecule has 2 heterocycles. The van der Waals surface area contributed by atoms with Crippen molar-refractivity contribution in [3.8, 4) is 40.0 Å². The van der Waals surface area contributed by atoms with E-state index in [2.05, 4.69) is 17.4 Å². The van der Waals surface area contributed by atoms with Gasteiger partial charge in [0.1, 0.15) is 17.2 Å². The third kappa shape index (κ3) is 6.74. The molecule has 0 aliphatic carbocycles. The van der Waals surface area contributed by atoms with Crippen LogP contribution in [0.3, 0.4) is 0 Å². The molecule has 0 spiro atoms. The second-order valence-electron chi connectivity index (χ2n) is 11.5. The fourth-order valence-corrected chi connectivity index (χ4v) is 6.27. The van der Waals surface area contributed by atoms with Crippen LogP contribution >= 0.6 is 11.6 Å². The number of benzene rings is 5. The van der Waals surface area contributed by atoms with Crippen LogP contribution in [0.5, 0.6) is 28.7 Å². The van der Waals surface area contributed by atoms with Gasteiger partial charge in [0, 0.05) is 34.4 Å². The number of methoxy groups -OCH3 is 3. The minimum atomic E-state index is 0.486. The monoisotopic (exact) mass is 670 g/mol. The van der Waals surface area contributed by atoms with Crippen molar-refractivity contribution in [1.82, 2.24) is 20.1 Å². The van der Waals surface area contributed by atoms with Crippen LogP contribution in [0.15, 0.2) is 115 Å². The number of fused-ring (bicyclic) bond motifs is 3. The van der Waals surface area contributed by atoms with Crippen LogP contribution in [-0.4, -0.2) is 36.1 Å². The lowest BCUT2D eigenvalue weighted by Crippen LogP contribution is -2.14. The van der Waals surface area contributed by atoms with E-state index in [4.69, 9.17) is 40.6 Å². The zero-order valence-corrected chi connectivity index (χ0v) is 28.2. The van der Waals surface area contributed by atoms with Crippen molar-refractivity contribution in [2.45, 2.75) is 19.6 Å². The number of rotatable bonds is 12. The Morgan fingerprint density at radius 2 is 1.33 bits per heavy atom. The van der Waals surface area contributed by atoms with Gasteiger partial charge in [-0.05, 0) is 65.7 Å². The molecule has 0 saturated heterocycles. The molecule has 7 aromatic rings. The number of nitrogens with zero attached hydrogens (tertiary/aromatic N) is 3. The molecule has 0 radical (unpaired) electrons. The summed E-state index contributed by atoms with van der Waals surface area (Å²) >= 11 is 6.78. The molecular formula is C40H35ClN4O4. The Morgan fingerprint density at radius 1 is 0.653 bits per heavy atom. The van der Waals surface area contributed by atoms with Crippen LogP contribution in [0.4, 0.5) is 0 Å². The van der Waals surface area contributed by atoms with Crippen molar-refractivity contribution in [3.05, 3.63) is 137 Å². The first-order chi connectivity index (χ1) is 24.0. The lowest BCUT2D eigenvalue weighted by atomic mass is 10.00. The van der Waals surface area contributed by atoms with E-state index in [0.717, 1.165) is 67.1 Å². The summed E-state index contributed by atoms with van der Waals surface area (Å²) < 4.78 is 25.1. The molecule has 0 aliphatic rings. The summed E-state index contributed by atoms with van der Waals surface area (Å²) in [7, 11) is 4.94. The number of aromatic nitrogens is 3. The maximum atomic E-state index is 6.78. The second-order valence-corrected chi connectivity index (χ2v) is 11.9. The third-order valence-corrected chi connectivity index (χ3v) is 8.69. The van der Waals surface area contributed by atoms with Gasteiger partial charge in [-0.1, -0.05) is 72.3 Å². The highest BCUT2D eigenvalue weighted by atomic mass is 35.5. The Bertz CT molecular complexity index is 2250. The van der Waals surface area contributed by atoms with Crippen molar-refractivity contribution in [1.29, 1.82) is 0 Å². The smallest absolute Gasteiger partial charge is 0.161 e. The minimum Gasteiger partial charge on any atom is -0.497 e. The maximum Gasteiger partial charge on any atom is 0.161 e. The Kier molecular flexibility index (Phi) is 9.32. The Hall–Kier alpha value is -5.57. The fourth-order valence-electron chi connectivity index (χ4n) is 6.04. The molecule has 246 valence electrons. The minimum absolute atomic E-state index is 0.486. The Labute approximate surface area is 289 Å². The lowest BCUT2D eigenvalue weighted by molar-refractivity contribution is 0.356. The SMILES string of the molecule is COc1cccc(Cn2nc(CNCc3cccc(Oc4ccccc4)c3)c3c4cc(OC)c(OC)cc4c(-c4ccccc4Cl)nc32)c1. The van der Waals surface area contributed by atoms with Crippen LogP contribution < -0.4 is 24.3 Å². The van der Waals surface area contributed by atoms with Crippen LogP contribution in [0, 0.1) is 0 Å². The van der Waals surface area contributed by atoms with E-state index in [1.54, 1.807) is 21.3 Å². The summed E-state index contributed by atoms with van der Waals surface area (Å²) in [5.74, 6) is 3.57. The van der Waals surface area contributed by atoms with Crippen molar-refractivity contribution >= 4 is 33.4 Å². The average molecular weight is 671 g/mol. The molecule has 0 aliphatic heterocycles. The summed E-state index contributed by atoms with van der Waals surface area (Å²) in [6, 6.07) is 37.5. The Morgan fingerprint density at radius 3 is 2.08 bits per heavy atom. The Balaban J connectivity index is 1.32. The van der Waals surface area contributed by atoms with Crippen molar-refractivity contribution < 1.29 is 18.9 Å². The van der Waals surface area contributed by atoms with Crippen LogP contribution in [0.2, 0.25) is 5.02 Å². The maximum absolute atomic E-state index is 6.78. The summed E-state index contributed by atoms with van der Waals surface area (Å²) in [5.41, 5.74) is 5.25. The zero-order valence-electron chi connectivity index (χ0n) is 27.4. The highest BCUT2D eigenvalue weighted by Crippen LogP contribution is 2.42. The molecule has 5 aromatic carbocycles. The van der Waals surface area contributed by atoms with E-state index in [1.165, 1.54) is 0 Å². The first-order valence-corrected chi connectivity index (χ1v) is 16.3. The van der Waals surface area contributed by atoms with Gasteiger partial charge in [0.15, 0.2) is 17.1 Å². The molecule has 0 fully saturated rings. The molecule has 49 heavy (non-hydrogen) atoms. The molecule has 0 unspecified atom stereocenters. The molecule has 9 heteroatoms. The molecule has 7 rings (SSSR count). The standard InChI is InChI=1S/C40H35ClN4O4/c1-46-29-15-10-12-27(20-29)25-45-40-38(35(44-45)24-42-23-26-11-9-16-30(19-26)49-28-13-5-4-6-14-28)32-21-36(47-2)37(48-3)22-33(32)39(43-40)31-17-7-8-18-34(31)41/h4-22,42H,23-25H2,1-3H3. The molecule has 0 saturated carbocycles. The van der Waals surface area contributed by atoms with Gasteiger partial charge in [-0.3, -0.25) is 0 Å². The normalized spacial score (nSPS) is 11.2. The number of ether oxygens (including phenoxy) is 4. The lowest BCUT2D eigenvalue weighted by Gasteiger charge is -2.14. The number of hydrogen-bond acceptors (Lipinski definition) is 7. The van der Waals surface area contributed by atoms with Gasteiger partial charge in [-0.2, -0.15) is 5.10 Å². The first-order valence-electron chi connectivity index (χ1n) is 15.9. The van der Waals surface area contributed by atoms with Crippen LogP contribution in [0.1, 0.15) is 16.8 Å². The van der Waals surface area contributed by atoms with Gasteiger partial charge in [0.25, 0.3) is 0 Å². The summed E-state index contributed by atoms with van der Waals surface area (Å²) in [5, 5.41) is 12.1. The third-order valence-electron chi connectivity index (χ3n) is 8.36. The number of hydrogen-bond donors (Lipinski definition) is 1. The van der Waals surface area contributed by atoms with E-state index in [-0.39, 0.29) is 0 Å². The molecule has 8 nitrogen and oxygen atoms in total. The molecule has 2 aromatic heterocycles. The number of nitrogens with one attached hydrogen (secondary N) is 1. The fraction of sp³-hybridized carbons (Fsp3) is 0.150. The summed E-state index contributed by atoms with van der Waals surface area (Å²) in [4.78, 5) is 5.29. The van der Waals surface area contributed by atoms with Gasteiger partial charge in [0.05, 0.1) is 44.6 Å². The quantitative estimate of drug-likeness (QED) is 0.139. The molecule has 0 amide bonds. The van der Waals surface area contributed by atoms with Gasteiger partial charge in [-0.25, -0.2) is 9.67 Å². The number of para-hydroxylation sites is 1. The zero-order chi connectivity index (χ0) is 33.7. The van der Waals surface area contributed by atoms with Crippen molar-refractivity contribution in [2.75, 3.05) is 21.3 Å². The van der Waals surface area contributed by atoms with Crippen LogP contribution in [-0.2, 0) is 19.6 Å². The van der Waals surface area contributed by atoms with Gasteiger partial charge < -0.3 is 24.3 Å². The molecule has 0 atom stereocenters. The average Bonchev–Trinajstić information content (AvgIpc) is 3.48. The largest absolute Gasteiger partial charge is 0.497 e. The first kappa shape index (κ1) is 32.0. The highest BCUT2D eigenvalue weighted by Gasteiger charge is 2.22. The van der Waals surface area contributed by atoms with E-state index < -0.39 is 0 Å². The van der Waals surface area contributed by atoms with Crippen LogP contribution in [0.25, 0.3) is 33.1 Å². The van der Waals surface area contributed by atoms with Gasteiger partial charge in [0.2, 0.25) is 0 Å². The van der Waals surface area contributed by atoms with E-state index in [9.17, 15) is 0 Å². The molecule has 1 N–H and O–H groups in total. The number of halogens is 1. The topological polar surface area (TPSA) is 79.7 Å². The van der Waals surface area contributed by atoms with E-state index >= 15 is 0 Å². The second kappa shape index (κ2) is 14.3. The van der Waals surface area contributed by atoms with E-state index in [1.807, 2.05) is 108 Å². The summed E-state index contributed by atoms with van der Waals surface area (Å²) in [6.45, 7) is 1.58.